The zero-order chi connectivity index (χ0) is 20.1. The fourth-order valence-electron chi connectivity index (χ4n) is 2.86. The lowest BCUT2D eigenvalue weighted by Gasteiger charge is -2.21. The zero-order valence-electron chi connectivity index (χ0n) is 16.6. The second-order valence-corrected chi connectivity index (χ2v) is 8.33. The van der Waals surface area contributed by atoms with Crippen LogP contribution in [0.4, 0.5) is 0 Å². The van der Waals surface area contributed by atoms with Crippen molar-refractivity contribution < 1.29 is 14.3 Å². The summed E-state index contributed by atoms with van der Waals surface area (Å²) >= 11 is 1.35. The Morgan fingerprint density at radius 2 is 1.86 bits per heavy atom. The molecule has 3 aromatic rings. The number of aromatic nitrogens is 3. The Balaban J connectivity index is 1.78. The average molecular weight is 400 g/mol. The Morgan fingerprint density at radius 3 is 2.61 bits per heavy atom. The standard InChI is InChI=1S/C21H25N3O3S/c1-5-24-18(22-23-20(24)28-21(3,4)19(25)26-6-2)14-27-17-13-9-11-15-10-7-8-12-16(15)17/h7-13H,5-6,14H2,1-4H3. The predicted molar refractivity (Wildman–Crippen MR) is 111 cm³/mol. The number of rotatable bonds is 8. The second-order valence-electron chi connectivity index (χ2n) is 6.74. The van der Waals surface area contributed by atoms with E-state index >= 15 is 0 Å². The quantitative estimate of drug-likeness (QED) is 0.411. The highest BCUT2D eigenvalue weighted by Gasteiger charge is 2.33. The molecular formula is C21H25N3O3S. The van der Waals surface area contributed by atoms with Crippen molar-refractivity contribution in [1.82, 2.24) is 14.8 Å². The van der Waals surface area contributed by atoms with Crippen molar-refractivity contribution >= 4 is 28.5 Å². The first-order valence-electron chi connectivity index (χ1n) is 9.35. The van der Waals surface area contributed by atoms with Gasteiger partial charge in [-0.25, -0.2) is 0 Å². The van der Waals surface area contributed by atoms with Gasteiger partial charge in [0.2, 0.25) is 0 Å². The summed E-state index contributed by atoms with van der Waals surface area (Å²) in [5.74, 6) is 1.27. The first-order valence-corrected chi connectivity index (χ1v) is 10.2. The van der Waals surface area contributed by atoms with Gasteiger partial charge in [-0.15, -0.1) is 10.2 Å². The Bertz CT molecular complexity index is 963. The Kier molecular flexibility index (Phi) is 6.24. The molecule has 3 rings (SSSR count). The van der Waals surface area contributed by atoms with E-state index in [1.54, 1.807) is 6.92 Å². The molecule has 0 amide bonds. The first kappa shape index (κ1) is 20.2. The van der Waals surface area contributed by atoms with Gasteiger partial charge in [0, 0.05) is 11.9 Å². The minimum atomic E-state index is -0.746. The summed E-state index contributed by atoms with van der Waals surface area (Å²) in [5, 5.41) is 11.4. The topological polar surface area (TPSA) is 66.2 Å². The summed E-state index contributed by atoms with van der Waals surface area (Å²) in [4.78, 5) is 12.2. The minimum Gasteiger partial charge on any atom is -0.485 e. The molecule has 0 unspecified atom stereocenters. The van der Waals surface area contributed by atoms with Gasteiger partial charge < -0.3 is 14.0 Å². The van der Waals surface area contributed by atoms with E-state index in [-0.39, 0.29) is 5.97 Å². The summed E-state index contributed by atoms with van der Waals surface area (Å²) < 4.78 is 12.4. The van der Waals surface area contributed by atoms with E-state index in [1.165, 1.54) is 11.8 Å². The lowest BCUT2D eigenvalue weighted by Crippen LogP contribution is -2.30. The van der Waals surface area contributed by atoms with Gasteiger partial charge in [0.15, 0.2) is 11.0 Å². The lowest BCUT2D eigenvalue weighted by molar-refractivity contribution is -0.145. The number of fused-ring (bicyclic) bond motifs is 1. The largest absolute Gasteiger partial charge is 0.485 e. The van der Waals surface area contributed by atoms with Gasteiger partial charge in [-0.3, -0.25) is 4.79 Å². The molecule has 0 N–H and O–H groups in total. The van der Waals surface area contributed by atoms with Crippen LogP contribution in [0.25, 0.3) is 10.8 Å². The van der Waals surface area contributed by atoms with E-state index in [0.29, 0.717) is 24.9 Å². The average Bonchev–Trinajstić information content (AvgIpc) is 3.07. The Morgan fingerprint density at radius 1 is 1.11 bits per heavy atom. The van der Waals surface area contributed by atoms with Crippen molar-refractivity contribution in [1.29, 1.82) is 0 Å². The number of thioether (sulfide) groups is 1. The maximum Gasteiger partial charge on any atom is 0.322 e. The van der Waals surface area contributed by atoms with Crippen molar-refractivity contribution in [2.24, 2.45) is 0 Å². The lowest BCUT2D eigenvalue weighted by atomic mass is 10.1. The molecule has 1 heterocycles. The SMILES string of the molecule is CCOC(=O)C(C)(C)Sc1nnc(COc2cccc3ccccc23)n1CC. The van der Waals surface area contributed by atoms with Crippen molar-refractivity contribution in [3.63, 3.8) is 0 Å². The first-order chi connectivity index (χ1) is 13.5. The molecule has 0 radical (unpaired) electrons. The second kappa shape index (κ2) is 8.65. The molecule has 28 heavy (non-hydrogen) atoms. The third-order valence-electron chi connectivity index (χ3n) is 4.33. The summed E-state index contributed by atoms with van der Waals surface area (Å²) in [6, 6.07) is 14.1. The fourth-order valence-corrected chi connectivity index (χ4v) is 3.88. The van der Waals surface area contributed by atoms with Crippen molar-refractivity contribution in [2.75, 3.05) is 6.61 Å². The number of esters is 1. The fraction of sp³-hybridized carbons (Fsp3) is 0.381. The summed E-state index contributed by atoms with van der Waals surface area (Å²) in [5.41, 5.74) is 0. The maximum atomic E-state index is 12.2. The van der Waals surface area contributed by atoms with Crippen LogP contribution in [0.2, 0.25) is 0 Å². The molecule has 0 saturated carbocycles. The molecule has 0 aliphatic carbocycles. The molecule has 0 bridgehead atoms. The van der Waals surface area contributed by atoms with E-state index in [1.807, 2.05) is 55.7 Å². The maximum absolute atomic E-state index is 12.2. The molecule has 1 aromatic heterocycles. The number of carbonyl (C=O) groups is 1. The van der Waals surface area contributed by atoms with Crippen molar-refractivity contribution in [3.8, 4) is 5.75 Å². The third-order valence-corrected chi connectivity index (χ3v) is 5.49. The molecule has 2 aromatic carbocycles. The third kappa shape index (κ3) is 4.30. The van der Waals surface area contributed by atoms with Gasteiger partial charge in [0.25, 0.3) is 0 Å². The number of hydrogen-bond donors (Lipinski definition) is 0. The number of nitrogens with zero attached hydrogens (tertiary/aromatic N) is 3. The zero-order valence-corrected chi connectivity index (χ0v) is 17.5. The number of carbonyl (C=O) groups excluding carboxylic acids is 1. The monoisotopic (exact) mass is 399 g/mol. The smallest absolute Gasteiger partial charge is 0.322 e. The molecule has 148 valence electrons. The van der Waals surface area contributed by atoms with Gasteiger partial charge in [-0.2, -0.15) is 0 Å². The van der Waals surface area contributed by atoms with Crippen LogP contribution in [0, 0.1) is 0 Å². The molecule has 6 nitrogen and oxygen atoms in total. The molecule has 0 saturated heterocycles. The number of benzene rings is 2. The van der Waals surface area contributed by atoms with E-state index in [9.17, 15) is 4.79 Å². The van der Waals surface area contributed by atoms with Gasteiger partial charge in [-0.05, 0) is 39.1 Å². The molecule has 7 heteroatoms. The Labute approximate surface area is 169 Å². The van der Waals surface area contributed by atoms with Crippen LogP contribution in [0.5, 0.6) is 5.75 Å². The van der Waals surface area contributed by atoms with E-state index < -0.39 is 4.75 Å². The van der Waals surface area contributed by atoms with E-state index in [4.69, 9.17) is 9.47 Å². The summed E-state index contributed by atoms with van der Waals surface area (Å²) in [6.45, 7) is 8.82. The van der Waals surface area contributed by atoms with Crippen molar-refractivity contribution in [3.05, 3.63) is 48.3 Å². The molecule has 0 atom stereocenters. The Hall–Kier alpha value is -2.54. The van der Waals surface area contributed by atoms with E-state index in [2.05, 4.69) is 22.3 Å². The van der Waals surface area contributed by atoms with Crippen LogP contribution in [0.15, 0.2) is 47.6 Å². The van der Waals surface area contributed by atoms with Gasteiger partial charge in [0.1, 0.15) is 17.1 Å². The summed E-state index contributed by atoms with van der Waals surface area (Å²) in [6.07, 6.45) is 0. The highest BCUT2D eigenvalue weighted by molar-refractivity contribution is 8.01. The minimum absolute atomic E-state index is 0.265. The van der Waals surface area contributed by atoms with Gasteiger partial charge in [0.05, 0.1) is 6.61 Å². The van der Waals surface area contributed by atoms with Crippen LogP contribution in [0.1, 0.15) is 33.5 Å². The molecule has 0 spiro atoms. The summed E-state index contributed by atoms with van der Waals surface area (Å²) in [7, 11) is 0. The van der Waals surface area contributed by atoms with Gasteiger partial charge >= 0.3 is 5.97 Å². The molecular weight excluding hydrogens is 374 g/mol. The van der Waals surface area contributed by atoms with Crippen LogP contribution in [0.3, 0.4) is 0 Å². The van der Waals surface area contributed by atoms with Crippen LogP contribution in [-0.4, -0.2) is 32.1 Å². The van der Waals surface area contributed by atoms with Crippen LogP contribution >= 0.6 is 11.8 Å². The van der Waals surface area contributed by atoms with Crippen LogP contribution < -0.4 is 4.74 Å². The number of ether oxygens (including phenoxy) is 2. The number of hydrogen-bond acceptors (Lipinski definition) is 6. The van der Waals surface area contributed by atoms with Crippen LogP contribution in [-0.2, 0) is 22.7 Å². The highest BCUT2D eigenvalue weighted by atomic mass is 32.2. The van der Waals surface area contributed by atoms with E-state index in [0.717, 1.165) is 22.3 Å². The normalized spacial score (nSPS) is 11.6. The van der Waals surface area contributed by atoms with Crippen molar-refractivity contribution in [2.45, 2.75) is 50.8 Å². The van der Waals surface area contributed by atoms with Gasteiger partial charge in [-0.1, -0.05) is 48.2 Å². The predicted octanol–water partition coefficient (Wildman–Crippen LogP) is 4.46. The highest BCUT2D eigenvalue weighted by Crippen LogP contribution is 2.33. The molecule has 0 aliphatic heterocycles. The molecule has 0 fully saturated rings. The molecule has 0 aliphatic rings.